The van der Waals surface area contributed by atoms with E-state index in [-0.39, 0.29) is 11.8 Å². The molecule has 1 N–H and O–H groups in total. The number of fused-ring (bicyclic) bond motifs is 1. The Kier molecular flexibility index (Phi) is 5.79. The van der Waals surface area contributed by atoms with Gasteiger partial charge in [-0.3, -0.25) is 4.79 Å². The van der Waals surface area contributed by atoms with Crippen molar-refractivity contribution in [2.45, 2.75) is 57.0 Å². The van der Waals surface area contributed by atoms with Crippen molar-refractivity contribution in [3.05, 3.63) is 71.9 Å². The molecule has 2 aromatic carbocycles. The minimum absolute atomic E-state index is 0.203. The van der Waals surface area contributed by atoms with Crippen molar-refractivity contribution in [2.24, 2.45) is 0 Å². The molecule has 0 bridgehead atoms. The average molecular weight is 389 g/mol. The van der Waals surface area contributed by atoms with Crippen LogP contribution in [0.2, 0.25) is 0 Å². The molecule has 1 aliphatic carbocycles. The zero-order chi connectivity index (χ0) is 20.1. The quantitative estimate of drug-likeness (QED) is 0.535. The Morgan fingerprint density at radius 1 is 0.931 bits per heavy atom. The highest BCUT2D eigenvalue weighted by atomic mass is 16.5. The standard InChI is InChI=1S/C25H27NO3/c27-24(28)17-25(15-5-1-2-6-16-25)20-10-13-22(14-11-20)29-18-21-12-9-19-7-3-4-8-23(19)26-21/h3-4,7-14H,1-2,5-6,15-18H2,(H,27,28). The second kappa shape index (κ2) is 8.64. The summed E-state index contributed by atoms with van der Waals surface area (Å²) in [5.74, 6) is 0.0670. The van der Waals surface area contributed by atoms with E-state index in [4.69, 9.17) is 4.74 Å². The highest BCUT2D eigenvalue weighted by Crippen LogP contribution is 2.41. The van der Waals surface area contributed by atoms with Crippen LogP contribution in [0.1, 0.15) is 56.2 Å². The van der Waals surface area contributed by atoms with E-state index in [2.05, 4.69) is 23.2 Å². The number of pyridine rings is 1. The molecule has 4 heteroatoms. The first-order valence-corrected chi connectivity index (χ1v) is 10.4. The van der Waals surface area contributed by atoms with Gasteiger partial charge in [0.2, 0.25) is 0 Å². The summed E-state index contributed by atoms with van der Waals surface area (Å²) in [6.07, 6.45) is 6.68. The topological polar surface area (TPSA) is 59.4 Å². The van der Waals surface area contributed by atoms with E-state index in [1.807, 2.05) is 42.5 Å². The van der Waals surface area contributed by atoms with Gasteiger partial charge in [-0.2, -0.15) is 0 Å². The Balaban J connectivity index is 1.47. The predicted molar refractivity (Wildman–Crippen MR) is 114 cm³/mol. The number of carboxylic acid groups (broad SMARTS) is 1. The molecule has 150 valence electrons. The van der Waals surface area contributed by atoms with Gasteiger partial charge in [0.05, 0.1) is 17.6 Å². The molecular weight excluding hydrogens is 362 g/mol. The van der Waals surface area contributed by atoms with Crippen LogP contribution in [0.15, 0.2) is 60.7 Å². The van der Waals surface area contributed by atoms with Gasteiger partial charge in [0, 0.05) is 10.8 Å². The third kappa shape index (κ3) is 4.58. The highest BCUT2D eigenvalue weighted by molar-refractivity contribution is 5.78. The Bertz CT molecular complexity index is 973. The van der Waals surface area contributed by atoms with Crippen LogP contribution in [0.5, 0.6) is 5.75 Å². The van der Waals surface area contributed by atoms with Gasteiger partial charge in [-0.15, -0.1) is 0 Å². The smallest absolute Gasteiger partial charge is 0.304 e. The van der Waals surface area contributed by atoms with Gasteiger partial charge < -0.3 is 9.84 Å². The van der Waals surface area contributed by atoms with Crippen molar-refractivity contribution in [2.75, 3.05) is 0 Å². The molecule has 1 heterocycles. The monoisotopic (exact) mass is 389 g/mol. The lowest BCUT2D eigenvalue weighted by molar-refractivity contribution is -0.138. The maximum absolute atomic E-state index is 11.5. The maximum Gasteiger partial charge on any atom is 0.304 e. The number of para-hydroxylation sites is 1. The first-order chi connectivity index (χ1) is 14.1. The number of rotatable bonds is 6. The lowest BCUT2D eigenvalue weighted by atomic mass is 9.72. The normalized spacial score (nSPS) is 16.3. The molecule has 0 saturated heterocycles. The second-order valence-electron chi connectivity index (χ2n) is 8.07. The summed E-state index contributed by atoms with van der Waals surface area (Å²) in [5.41, 5.74) is 2.73. The van der Waals surface area contributed by atoms with Crippen LogP contribution >= 0.6 is 0 Å². The zero-order valence-corrected chi connectivity index (χ0v) is 16.6. The van der Waals surface area contributed by atoms with E-state index in [0.29, 0.717) is 6.61 Å². The molecule has 1 aromatic heterocycles. The Hall–Kier alpha value is -2.88. The molecule has 0 atom stereocenters. The van der Waals surface area contributed by atoms with Crippen LogP contribution in [-0.2, 0) is 16.8 Å². The number of benzene rings is 2. The minimum Gasteiger partial charge on any atom is -0.487 e. The molecule has 1 aliphatic rings. The summed E-state index contributed by atoms with van der Waals surface area (Å²) < 4.78 is 5.94. The number of aliphatic carboxylic acids is 1. The van der Waals surface area contributed by atoms with Gasteiger partial charge >= 0.3 is 5.97 Å². The maximum atomic E-state index is 11.5. The largest absolute Gasteiger partial charge is 0.487 e. The van der Waals surface area contributed by atoms with Gasteiger partial charge in [0.1, 0.15) is 12.4 Å². The molecule has 29 heavy (non-hydrogen) atoms. The molecule has 0 spiro atoms. The van der Waals surface area contributed by atoms with Crippen molar-refractivity contribution in [1.29, 1.82) is 0 Å². The molecule has 3 aromatic rings. The Morgan fingerprint density at radius 3 is 2.38 bits per heavy atom. The third-order valence-electron chi connectivity index (χ3n) is 6.06. The van der Waals surface area contributed by atoms with Gasteiger partial charge in [0.25, 0.3) is 0 Å². The lowest BCUT2D eigenvalue weighted by Crippen LogP contribution is -2.28. The average Bonchev–Trinajstić information content (AvgIpc) is 2.98. The van der Waals surface area contributed by atoms with Crippen LogP contribution in [0.4, 0.5) is 0 Å². The molecule has 0 unspecified atom stereocenters. The third-order valence-corrected chi connectivity index (χ3v) is 6.06. The van der Waals surface area contributed by atoms with Crippen LogP contribution in [0.3, 0.4) is 0 Å². The summed E-state index contributed by atoms with van der Waals surface area (Å²) in [5, 5.41) is 10.6. The number of ether oxygens (including phenoxy) is 1. The number of aromatic nitrogens is 1. The summed E-state index contributed by atoms with van der Waals surface area (Å²) in [7, 11) is 0. The van der Waals surface area contributed by atoms with Gasteiger partial charge in [-0.1, -0.05) is 62.1 Å². The molecule has 4 nitrogen and oxygen atoms in total. The van der Waals surface area contributed by atoms with Crippen LogP contribution in [-0.4, -0.2) is 16.1 Å². The number of carbonyl (C=O) groups is 1. The molecule has 0 aliphatic heterocycles. The Morgan fingerprint density at radius 2 is 1.66 bits per heavy atom. The van der Waals surface area contributed by atoms with Crippen molar-refractivity contribution in [3.8, 4) is 5.75 Å². The first-order valence-electron chi connectivity index (χ1n) is 10.4. The second-order valence-corrected chi connectivity index (χ2v) is 8.07. The Labute approximate surface area is 171 Å². The summed E-state index contributed by atoms with van der Waals surface area (Å²) in [6.45, 7) is 0.407. The van der Waals surface area contributed by atoms with Crippen molar-refractivity contribution < 1.29 is 14.6 Å². The molecule has 0 amide bonds. The van der Waals surface area contributed by atoms with E-state index in [1.165, 1.54) is 12.8 Å². The number of carboxylic acids is 1. The minimum atomic E-state index is -0.713. The predicted octanol–water partition coefficient (Wildman–Crippen LogP) is 5.88. The lowest BCUT2D eigenvalue weighted by Gasteiger charge is -2.32. The molecule has 1 saturated carbocycles. The van der Waals surface area contributed by atoms with Crippen LogP contribution in [0.25, 0.3) is 10.9 Å². The fourth-order valence-electron chi connectivity index (χ4n) is 4.51. The van der Waals surface area contributed by atoms with E-state index >= 15 is 0 Å². The van der Waals surface area contributed by atoms with Gasteiger partial charge in [0.15, 0.2) is 0 Å². The van der Waals surface area contributed by atoms with E-state index in [1.54, 1.807) is 0 Å². The van der Waals surface area contributed by atoms with E-state index < -0.39 is 5.97 Å². The van der Waals surface area contributed by atoms with Crippen molar-refractivity contribution in [3.63, 3.8) is 0 Å². The van der Waals surface area contributed by atoms with E-state index in [9.17, 15) is 9.90 Å². The highest BCUT2D eigenvalue weighted by Gasteiger charge is 2.35. The fourth-order valence-corrected chi connectivity index (χ4v) is 4.51. The summed E-state index contributed by atoms with van der Waals surface area (Å²) in [4.78, 5) is 16.2. The summed E-state index contributed by atoms with van der Waals surface area (Å²) >= 11 is 0. The van der Waals surface area contributed by atoms with Crippen LogP contribution in [0, 0.1) is 0 Å². The van der Waals surface area contributed by atoms with Gasteiger partial charge in [-0.05, 0) is 42.7 Å². The number of nitrogens with zero attached hydrogens (tertiary/aromatic N) is 1. The molecule has 1 fully saturated rings. The number of hydrogen-bond acceptors (Lipinski definition) is 3. The van der Waals surface area contributed by atoms with Crippen molar-refractivity contribution in [1.82, 2.24) is 4.98 Å². The van der Waals surface area contributed by atoms with Crippen LogP contribution < -0.4 is 4.74 Å². The number of hydrogen-bond donors (Lipinski definition) is 1. The summed E-state index contributed by atoms with van der Waals surface area (Å²) in [6, 6.07) is 20.1. The first kappa shape index (κ1) is 19.4. The zero-order valence-electron chi connectivity index (χ0n) is 16.6. The van der Waals surface area contributed by atoms with Crippen molar-refractivity contribution >= 4 is 16.9 Å². The SMILES string of the molecule is O=C(O)CC1(c2ccc(OCc3ccc4ccccc4n3)cc2)CCCCCC1. The van der Waals surface area contributed by atoms with E-state index in [0.717, 1.165) is 53.6 Å². The molecule has 0 radical (unpaired) electrons. The van der Waals surface area contributed by atoms with Gasteiger partial charge in [-0.25, -0.2) is 4.98 Å². The molecular formula is C25H27NO3. The molecule has 4 rings (SSSR count). The fraction of sp³-hybridized carbons (Fsp3) is 0.360.